The lowest BCUT2D eigenvalue weighted by Gasteiger charge is -2.27. The van der Waals surface area contributed by atoms with E-state index >= 15 is 0 Å². The summed E-state index contributed by atoms with van der Waals surface area (Å²) in [7, 11) is 2.11. The highest BCUT2D eigenvalue weighted by Gasteiger charge is 2.13. The molecule has 0 saturated carbocycles. The number of hydrogen-bond donors (Lipinski definition) is 0. The average Bonchev–Trinajstić information content (AvgIpc) is 3.60. The van der Waals surface area contributed by atoms with Crippen LogP contribution in [0.25, 0.3) is 0 Å². The Balaban J connectivity index is 0.000000720. The first kappa shape index (κ1) is 46.2. The SMILES string of the molecule is C#CC/C=C(\C=C/CC)N(C(=C)C=C)C1=CCC=CC=C1.C=C(C)C.C=C(C)C(=C)C.CN(C1=CC=CC=CC1)c1ccccc1.c1ccccc1. The zero-order chi connectivity index (χ0) is 39.0. The molecule has 0 atom stereocenters. The van der Waals surface area contributed by atoms with Gasteiger partial charge in [0.2, 0.25) is 0 Å². The molecular weight excluding hydrogens is 629 g/mol. The number of hydrogen-bond acceptors (Lipinski definition) is 2. The van der Waals surface area contributed by atoms with E-state index in [-0.39, 0.29) is 0 Å². The highest BCUT2D eigenvalue weighted by Crippen LogP contribution is 2.24. The summed E-state index contributed by atoms with van der Waals surface area (Å²) >= 11 is 0. The van der Waals surface area contributed by atoms with Crippen LogP contribution < -0.4 is 4.90 Å². The van der Waals surface area contributed by atoms with Gasteiger partial charge in [0.1, 0.15) is 0 Å². The quantitative estimate of drug-likeness (QED) is 0.139. The Hall–Kier alpha value is -5.78. The monoisotopic (exact) mass is 690 g/mol. The van der Waals surface area contributed by atoms with Crippen molar-refractivity contribution < 1.29 is 0 Å². The van der Waals surface area contributed by atoms with E-state index in [1.807, 2.05) is 88.4 Å². The first-order chi connectivity index (χ1) is 25.0. The van der Waals surface area contributed by atoms with Crippen molar-refractivity contribution in [3.63, 3.8) is 0 Å². The van der Waals surface area contributed by atoms with E-state index in [1.54, 1.807) is 6.08 Å². The van der Waals surface area contributed by atoms with Crippen molar-refractivity contribution in [1.82, 2.24) is 4.90 Å². The second-order valence-electron chi connectivity index (χ2n) is 12.0. The molecule has 0 N–H and O–H groups in total. The molecule has 0 aliphatic heterocycles. The van der Waals surface area contributed by atoms with E-state index in [0.29, 0.717) is 6.42 Å². The predicted molar refractivity (Wildman–Crippen MR) is 236 cm³/mol. The van der Waals surface area contributed by atoms with E-state index in [0.717, 1.165) is 47.5 Å². The number of terminal acetylenes is 1. The molecular formula is C50H62N2. The third kappa shape index (κ3) is 22.8. The number of benzene rings is 2. The molecule has 2 heteroatoms. The van der Waals surface area contributed by atoms with Crippen molar-refractivity contribution in [1.29, 1.82) is 0 Å². The molecule has 2 aliphatic rings. The van der Waals surface area contributed by atoms with Crippen LogP contribution >= 0.6 is 0 Å². The molecule has 0 radical (unpaired) electrons. The van der Waals surface area contributed by atoms with E-state index < -0.39 is 0 Å². The van der Waals surface area contributed by atoms with Crippen molar-refractivity contribution in [2.45, 2.75) is 60.3 Å². The maximum Gasteiger partial charge on any atom is 0.0427 e. The molecule has 0 unspecified atom stereocenters. The second kappa shape index (κ2) is 30.1. The Bertz CT molecular complexity index is 1620. The van der Waals surface area contributed by atoms with Crippen LogP contribution in [-0.2, 0) is 0 Å². The van der Waals surface area contributed by atoms with Crippen molar-refractivity contribution in [3.05, 3.63) is 224 Å². The van der Waals surface area contributed by atoms with Crippen molar-refractivity contribution in [3.8, 4) is 12.3 Å². The molecule has 2 aliphatic carbocycles. The zero-order valence-corrected chi connectivity index (χ0v) is 32.8. The molecule has 0 heterocycles. The van der Waals surface area contributed by atoms with Crippen LogP contribution in [0.1, 0.15) is 60.3 Å². The summed E-state index contributed by atoms with van der Waals surface area (Å²) in [5, 5.41) is 0. The second-order valence-corrected chi connectivity index (χ2v) is 12.0. The van der Waals surface area contributed by atoms with Crippen LogP contribution in [0.2, 0.25) is 0 Å². The first-order valence-electron chi connectivity index (χ1n) is 17.7. The third-order valence-electron chi connectivity index (χ3n) is 6.91. The third-order valence-corrected chi connectivity index (χ3v) is 6.91. The molecule has 272 valence electrons. The maximum atomic E-state index is 5.40. The maximum absolute atomic E-state index is 5.40. The van der Waals surface area contributed by atoms with Crippen LogP contribution in [0.3, 0.4) is 0 Å². The average molecular weight is 691 g/mol. The molecule has 2 aromatic carbocycles. The fourth-order valence-electron chi connectivity index (χ4n) is 3.96. The Morgan fingerprint density at radius 3 is 1.88 bits per heavy atom. The van der Waals surface area contributed by atoms with Gasteiger partial charge in [-0.25, -0.2) is 0 Å². The summed E-state index contributed by atoms with van der Waals surface area (Å²) in [4.78, 5) is 4.31. The molecule has 52 heavy (non-hydrogen) atoms. The van der Waals surface area contributed by atoms with Crippen LogP contribution in [0.15, 0.2) is 224 Å². The van der Waals surface area contributed by atoms with Crippen LogP contribution in [0.5, 0.6) is 0 Å². The fraction of sp³-hybridized carbons (Fsp3) is 0.200. The zero-order valence-electron chi connectivity index (χ0n) is 32.8. The van der Waals surface area contributed by atoms with Crippen LogP contribution in [0.4, 0.5) is 5.69 Å². The van der Waals surface area contributed by atoms with Gasteiger partial charge in [0, 0.05) is 48.4 Å². The van der Waals surface area contributed by atoms with E-state index in [9.17, 15) is 0 Å². The largest absolute Gasteiger partial charge is 0.348 e. The van der Waals surface area contributed by atoms with Gasteiger partial charge in [-0.1, -0.05) is 159 Å². The standard InChI is InChI=1S/C20H23N.C14H15N.C6H6.C6H10.C4H8/c1-5-8-14-19(15-9-6-2)21(18(4)7-3)20-16-12-10-11-13-17-20;1-15(14-11-7-4-8-12-14)13-9-5-2-3-6-10-13;1-2-4-6-5-3-1;1-5(2)6(3)4;1-4(2)3/h1,7,9-12,14-17H,3-4,6,8,13H2,2H3;2-9,11-12H,10H2,1H3;1-6H;1,3H2,2,4H3;1H2,2-3H3/b15-9-,19-14+;;;;. The number of rotatable bonds is 10. The summed E-state index contributed by atoms with van der Waals surface area (Å²) in [6, 6.07) is 22.4. The highest BCUT2D eigenvalue weighted by atomic mass is 15.2. The van der Waals surface area contributed by atoms with Gasteiger partial charge < -0.3 is 9.80 Å². The van der Waals surface area contributed by atoms with Gasteiger partial charge >= 0.3 is 0 Å². The smallest absolute Gasteiger partial charge is 0.0427 e. The van der Waals surface area contributed by atoms with Gasteiger partial charge in [-0.05, 0) is 83.0 Å². The van der Waals surface area contributed by atoms with Crippen LogP contribution in [0, 0.1) is 12.3 Å². The lowest BCUT2D eigenvalue weighted by molar-refractivity contribution is 0.576. The molecule has 0 saturated heterocycles. The summed E-state index contributed by atoms with van der Waals surface area (Å²) < 4.78 is 0. The highest BCUT2D eigenvalue weighted by molar-refractivity contribution is 5.52. The summed E-state index contributed by atoms with van der Waals surface area (Å²) in [5.41, 5.74) is 8.77. The Morgan fingerprint density at radius 2 is 1.37 bits per heavy atom. The minimum absolute atomic E-state index is 0.583. The molecule has 2 aromatic rings. The number of anilines is 1. The van der Waals surface area contributed by atoms with E-state index in [4.69, 9.17) is 6.42 Å². The Kier molecular flexibility index (Phi) is 26.7. The van der Waals surface area contributed by atoms with Crippen LogP contribution in [-0.4, -0.2) is 11.9 Å². The molecule has 0 aromatic heterocycles. The number of allylic oxidation sites excluding steroid dienone is 17. The molecule has 0 spiro atoms. The van der Waals surface area contributed by atoms with Crippen molar-refractivity contribution in [2.24, 2.45) is 0 Å². The summed E-state index contributed by atoms with van der Waals surface area (Å²) in [6.45, 7) is 28.8. The summed E-state index contributed by atoms with van der Waals surface area (Å²) in [5.74, 6) is 2.66. The Morgan fingerprint density at radius 1 is 0.808 bits per heavy atom. The fourth-order valence-corrected chi connectivity index (χ4v) is 3.96. The van der Waals surface area contributed by atoms with Gasteiger partial charge in [0.25, 0.3) is 0 Å². The topological polar surface area (TPSA) is 6.48 Å². The molecule has 4 rings (SSSR count). The van der Waals surface area contributed by atoms with Crippen molar-refractivity contribution >= 4 is 5.69 Å². The minimum Gasteiger partial charge on any atom is -0.348 e. The van der Waals surface area contributed by atoms with Gasteiger partial charge in [-0.3, -0.25) is 0 Å². The van der Waals surface area contributed by atoms with Gasteiger partial charge in [0.05, 0.1) is 0 Å². The molecule has 2 nitrogen and oxygen atoms in total. The molecule has 0 amide bonds. The lowest BCUT2D eigenvalue weighted by atomic mass is 10.2. The molecule has 0 fully saturated rings. The normalized spacial score (nSPS) is 12.4. The summed E-state index contributed by atoms with van der Waals surface area (Å²) in [6.07, 6.45) is 37.8. The molecule has 0 bridgehead atoms. The predicted octanol–water partition coefficient (Wildman–Crippen LogP) is 14.2. The van der Waals surface area contributed by atoms with E-state index in [1.165, 1.54) is 17.0 Å². The lowest BCUT2D eigenvalue weighted by Crippen LogP contribution is -2.18. The number of para-hydroxylation sites is 1. The van der Waals surface area contributed by atoms with Gasteiger partial charge in [0.15, 0.2) is 0 Å². The van der Waals surface area contributed by atoms with Gasteiger partial charge in [-0.2, -0.15) is 0 Å². The van der Waals surface area contributed by atoms with Crippen molar-refractivity contribution in [2.75, 3.05) is 11.9 Å². The van der Waals surface area contributed by atoms with E-state index in [2.05, 4.69) is 148 Å². The Labute approximate surface area is 318 Å². The minimum atomic E-state index is 0.583. The first-order valence-corrected chi connectivity index (χ1v) is 17.7. The van der Waals surface area contributed by atoms with Gasteiger partial charge in [-0.15, -0.1) is 18.9 Å². The number of nitrogens with zero attached hydrogens (tertiary/aromatic N) is 2.